The highest BCUT2D eigenvalue weighted by atomic mass is 19.1. The number of carbonyl (C=O) groups excluding carboxylic acids is 1. The molecule has 1 aromatic carbocycles. The Kier molecular flexibility index (Phi) is 4.42. The van der Waals surface area contributed by atoms with Gasteiger partial charge in [0.15, 0.2) is 0 Å². The zero-order chi connectivity index (χ0) is 17.2. The number of fused-ring (bicyclic) bond motifs is 1. The molecule has 2 saturated heterocycles. The number of aromatic nitrogens is 2. The quantitative estimate of drug-likeness (QED) is 0.836. The summed E-state index contributed by atoms with van der Waals surface area (Å²) in [6.45, 7) is 2.75. The number of halogens is 1. The summed E-state index contributed by atoms with van der Waals surface area (Å²) in [6.07, 6.45) is 5.08. The van der Waals surface area contributed by atoms with Gasteiger partial charge < -0.3 is 9.64 Å². The molecule has 0 aliphatic carbocycles. The van der Waals surface area contributed by atoms with Crippen LogP contribution in [0, 0.1) is 5.82 Å². The molecular weight excluding hydrogens is 323 g/mol. The topological polar surface area (TPSA) is 58.6 Å². The van der Waals surface area contributed by atoms with Gasteiger partial charge in [-0.15, -0.1) is 0 Å². The number of ether oxygens (including phenoxy) is 1. The van der Waals surface area contributed by atoms with Crippen LogP contribution in [0.1, 0.15) is 11.3 Å². The first-order valence-electron chi connectivity index (χ1n) is 8.32. The third kappa shape index (κ3) is 3.52. The Morgan fingerprint density at radius 3 is 2.76 bits per heavy atom. The smallest absolute Gasteiger partial charge is 0.249 e. The predicted octanol–water partition coefficient (Wildman–Crippen LogP) is 1.23. The minimum absolute atomic E-state index is 0.00275. The van der Waals surface area contributed by atoms with Crippen molar-refractivity contribution >= 4 is 5.91 Å². The molecule has 1 aromatic heterocycles. The minimum Gasteiger partial charge on any atom is -0.365 e. The lowest BCUT2D eigenvalue weighted by Crippen LogP contribution is -2.53. The molecule has 0 radical (unpaired) electrons. The molecule has 0 bridgehead atoms. The lowest BCUT2D eigenvalue weighted by atomic mass is 10.1. The van der Waals surface area contributed by atoms with Gasteiger partial charge in [0, 0.05) is 44.8 Å². The van der Waals surface area contributed by atoms with Crippen molar-refractivity contribution in [2.45, 2.75) is 25.2 Å². The Morgan fingerprint density at radius 1 is 1.16 bits per heavy atom. The van der Waals surface area contributed by atoms with Crippen molar-refractivity contribution in [2.75, 3.05) is 19.7 Å². The molecule has 4 rings (SSSR count). The molecule has 2 aromatic rings. The van der Waals surface area contributed by atoms with E-state index in [4.69, 9.17) is 4.74 Å². The molecule has 0 saturated carbocycles. The average Bonchev–Trinajstić information content (AvgIpc) is 3.03. The van der Waals surface area contributed by atoms with Crippen LogP contribution in [0.2, 0.25) is 0 Å². The third-order valence-electron chi connectivity index (χ3n) is 4.72. The van der Waals surface area contributed by atoms with Gasteiger partial charge in [-0.25, -0.2) is 4.39 Å². The lowest BCUT2D eigenvalue weighted by molar-refractivity contribution is -0.153. The van der Waals surface area contributed by atoms with Crippen LogP contribution in [0.25, 0.3) is 0 Å². The van der Waals surface area contributed by atoms with E-state index < -0.39 is 0 Å². The number of hydrogen-bond acceptors (Lipinski definition) is 5. The van der Waals surface area contributed by atoms with Gasteiger partial charge in [0.2, 0.25) is 5.91 Å². The first kappa shape index (κ1) is 16.1. The first-order valence-corrected chi connectivity index (χ1v) is 8.32. The van der Waals surface area contributed by atoms with Crippen molar-refractivity contribution in [3.05, 3.63) is 59.9 Å². The summed E-state index contributed by atoms with van der Waals surface area (Å²) < 4.78 is 18.8. The summed E-state index contributed by atoms with van der Waals surface area (Å²) >= 11 is 0. The second-order valence-corrected chi connectivity index (χ2v) is 6.46. The molecule has 3 heterocycles. The number of carbonyl (C=O) groups is 1. The van der Waals surface area contributed by atoms with E-state index in [2.05, 4.69) is 14.9 Å². The predicted molar refractivity (Wildman–Crippen MR) is 87.8 cm³/mol. The number of rotatable bonds is 4. The van der Waals surface area contributed by atoms with Crippen molar-refractivity contribution in [3.8, 4) is 0 Å². The minimum atomic E-state index is -0.272. The van der Waals surface area contributed by atoms with Crippen LogP contribution in [-0.2, 0) is 22.6 Å². The molecule has 130 valence electrons. The zero-order valence-electron chi connectivity index (χ0n) is 13.7. The van der Waals surface area contributed by atoms with E-state index in [0.29, 0.717) is 13.1 Å². The van der Waals surface area contributed by atoms with Gasteiger partial charge in [0.1, 0.15) is 12.4 Å². The maximum Gasteiger partial charge on any atom is 0.249 e. The Morgan fingerprint density at radius 2 is 2.00 bits per heavy atom. The van der Waals surface area contributed by atoms with Crippen molar-refractivity contribution in [1.29, 1.82) is 0 Å². The molecule has 6 nitrogen and oxygen atoms in total. The van der Waals surface area contributed by atoms with E-state index in [-0.39, 0.29) is 30.5 Å². The zero-order valence-corrected chi connectivity index (χ0v) is 13.7. The number of benzene rings is 1. The van der Waals surface area contributed by atoms with Crippen molar-refractivity contribution in [3.63, 3.8) is 0 Å². The highest BCUT2D eigenvalue weighted by Crippen LogP contribution is 2.26. The van der Waals surface area contributed by atoms with Gasteiger partial charge in [-0.3, -0.25) is 19.7 Å². The fourth-order valence-corrected chi connectivity index (χ4v) is 3.50. The first-order chi connectivity index (χ1) is 12.2. The van der Waals surface area contributed by atoms with Crippen LogP contribution in [0.3, 0.4) is 0 Å². The van der Waals surface area contributed by atoms with E-state index in [1.807, 2.05) is 4.90 Å². The molecule has 1 amide bonds. The number of hydrogen-bond donors (Lipinski definition) is 0. The standard InChI is InChI=1S/C18H19FN4O2/c19-14-3-1-13(2-4-14)8-23-16-10-22(9-15-7-20-5-6-21-15)11-17(16)25-12-18(23)24/h1-7,16-17H,8-12H2/t16-,17-/m1/s1. The van der Waals surface area contributed by atoms with Crippen molar-refractivity contribution in [1.82, 2.24) is 19.8 Å². The summed E-state index contributed by atoms with van der Waals surface area (Å²) in [5, 5.41) is 0. The summed E-state index contributed by atoms with van der Waals surface area (Å²) in [6, 6.07) is 6.29. The maximum absolute atomic E-state index is 13.1. The van der Waals surface area contributed by atoms with Crippen LogP contribution < -0.4 is 0 Å². The molecule has 0 N–H and O–H groups in total. The van der Waals surface area contributed by atoms with Gasteiger partial charge in [-0.05, 0) is 17.7 Å². The highest BCUT2D eigenvalue weighted by molar-refractivity contribution is 5.78. The Bertz CT molecular complexity index is 741. The summed E-state index contributed by atoms with van der Waals surface area (Å²) in [4.78, 5) is 24.9. The Hall–Kier alpha value is -2.38. The fourth-order valence-electron chi connectivity index (χ4n) is 3.50. The number of likely N-dealkylation sites (tertiary alicyclic amines) is 1. The van der Waals surface area contributed by atoms with Crippen LogP contribution >= 0.6 is 0 Å². The molecule has 0 spiro atoms. The Labute approximate surface area is 145 Å². The van der Waals surface area contributed by atoms with E-state index in [1.165, 1.54) is 12.1 Å². The third-order valence-corrected chi connectivity index (χ3v) is 4.72. The van der Waals surface area contributed by atoms with Gasteiger partial charge in [-0.2, -0.15) is 0 Å². The van der Waals surface area contributed by atoms with Crippen molar-refractivity contribution < 1.29 is 13.9 Å². The van der Waals surface area contributed by atoms with E-state index in [9.17, 15) is 9.18 Å². The molecule has 2 aliphatic heterocycles. The Balaban J connectivity index is 1.46. The molecule has 2 fully saturated rings. The van der Waals surface area contributed by atoms with E-state index >= 15 is 0 Å². The van der Waals surface area contributed by atoms with Crippen molar-refractivity contribution in [2.24, 2.45) is 0 Å². The van der Waals surface area contributed by atoms with Gasteiger partial charge in [-0.1, -0.05) is 12.1 Å². The second kappa shape index (κ2) is 6.85. The monoisotopic (exact) mass is 342 g/mol. The lowest BCUT2D eigenvalue weighted by Gasteiger charge is -2.36. The number of morpholine rings is 1. The summed E-state index contributed by atoms with van der Waals surface area (Å²) in [7, 11) is 0. The largest absolute Gasteiger partial charge is 0.365 e. The summed E-state index contributed by atoms with van der Waals surface area (Å²) in [5.74, 6) is -0.294. The molecule has 2 atom stereocenters. The summed E-state index contributed by atoms with van der Waals surface area (Å²) in [5.41, 5.74) is 1.82. The van der Waals surface area contributed by atoms with E-state index in [1.54, 1.807) is 30.7 Å². The van der Waals surface area contributed by atoms with Crippen LogP contribution in [-0.4, -0.2) is 57.5 Å². The number of amides is 1. The fraction of sp³-hybridized carbons (Fsp3) is 0.389. The normalized spacial score (nSPS) is 23.7. The van der Waals surface area contributed by atoms with Crippen LogP contribution in [0.15, 0.2) is 42.9 Å². The highest BCUT2D eigenvalue weighted by Gasteiger charge is 2.43. The van der Waals surface area contributed by atoms with Gasteiger partial charge >= 0.3 is 0 Å². The molecule has 7 heteroatoms. The van der Waals surface area contributed by atoms with Gasteiger partial charge in [0.25, 0.3) is 0 Å². The molecule has 0 unspecified atom stereocenters. The number of nitrogens with zero attached hydrogens (tertiary/aromatic N) is 4. The molecule has 2 aliphatic rings. The maximum atomic E-state index is 13.1. The molecule has 25 heavy (non-hydrogen) atoms. The SMILES string of the molecule is O=C1CO[C@@H]2CN(Cc3cnccn3)C[C@H]2N1Cc1ccc(F)cc1. The average molecular weight is 342 g/mol. The molecular formula is C18H19FN4O2. The second-order valence-electron chi connectivity index (χ2n) is 6.46. The van der Waals surface area contributed by atoms with Crippen LogP contribution in [0.5, 0.6) is 0 Å². The van der Waals surface area contributed by atoms with E-state index in [0.717, 1.165) is 24.3 Å². The van der Waals surface area contributed by atoms with Crippen LogP contribution in [0.4, 0.5) is 4.39 Å². The van der Waals surface area contributed by atoms with Gasteiger partial charge in [0.05, 0.1) is 17.8 Å².